The van der Waals surface area contributed by atoms with E-state index in [2.05, 4.69) is 4.74 Å². The summed E-state index contributed by atoms with van der Waals surface area (Å²) < 4.78 is 47.4. The van der Waals surface area contributed by atoms with Gasteiger partial charge in [-0.15, -0.1) is 0 Å². The molecule has 0 aromatic heterocycles. The van der Waals surface area contributed by atoms with E-state index in [0.29, 0.717) is 11.3 Å². The van der Waals surface area contributed by atoms with Crippen LogP contribution in [0, 0.1) is 0 Å². The van der Waals surface area contributed by atoms with Gasteiger partial charge >= 0.3 is 12.1 Å². The molecule has 0 spiro atoms. The summed E-state index contributed by atoms with van der Waals surface area (Å²) in [5, 5.41) is 0. The normalized spacial score (nSPS) is 11.1. The van der Waals surface area contributed by atoms with Crippen molar-refractivity contribution >= 4 is 11.8 Å². The molecule has 0 saturated heterocycles. The molecule has 2 aromatic rings. The number of alkyl halides is 3. The van der Waals surface area contributed by atoms with Gasteiger partial charge in [-0.2, -0.15) is 13.2 Å². The molecule has 0 heterocycles. The predicted molar refractivity (Wildman–Crippen MR) is 83.8 cm³/mol. The van der Waals surface area contributed by atoms with Crippen LogP contribution >= 0.6 is 0 Å². The first kappa shape index (κ1) is 18.5. The number of rotatable bonds is 5. The van der Waals surface area contributed by atoms with Gasteiger partial charge in [0.15, 0.2) is 5.78 Å². The highest BCUT2D eigenvalue weighted by atomic mass is 19.4. The van der Waals surface area contributed by atoms with Crippen LogP contribution in [0.4, 0.5) is 13.2 Å². The maximum absolute atomic E-state index is 12.6. The maximum atomic E-state index is 12.6. The van der Waals surface area contributed by atoms with Gasteiger partial charge in [0.2, 0.25) is 0 Å². The minimum absolute atomic E-state index is 0.0701. The van der Waals surface area contributed by atoms with E-state index < -0.39 is 17.7 Å². The highest BCUT2D eigenvalue weighted by Gasteiger charge is 2.30. The van der Waals surface area contributed by atoms with Crippen molar-refractivity contribution in [1.82, 2.24) is 0 Å². The van der Waals surface area contributed by atoms with E-state index in [9.17, 15) is 22.8 Å². The lowest BCUT2D eigenvalue weighted by Gasteiger charge is -2.10. The van der Waals surface area contributed by atoms with Gasteiger partial charge in [-0.25, -0.2) is 4.79 Å². The summed E-state index contributed by atoms with van der Waals surface area (Å²) in [5.74, 6) is -0.673. The van der Waals surface area contributed by atoms with Crippen molar-refractivity contribution < 1.29 is 32.2 Å². The van der Waals surface area contributed by atoms with Crippen LogP contribution in [0.3, 0.4) is 0 Å². The van der Waals surface area contributed by atoms with E-state index in [-0.39, 0.29) is 23.3 Å². The van der Waals surface area contributed by atoms with E-state index in [4.69, 9.17) is 4.74 Å². The van der Waals surface area contributed by atoms with Crippen molar-refractivity contribution in [2.45, 2.75) is 12.6 Å². The van der Waals surface area contributed by atoms with Crippen LogP contribution < -0.4 is 4.74 Å². The number of ketones is 1. The van der Waals surface area contributed by atoms with E-state index in [1.54, 1.807) is 6.07 Å². The van der Waals surface area contributed by atoms with Crippen molar-refractivity contribution in [3.63, 3.8) is 0 Å². The Morgan fingerprint density at radius 2 is 1.64 bits per heavy atom. The summed E-state index contributed by atoms with van der Waals surface area (Å²) in [6, 6.07) is 8.59. The van der Waals surface area contributed by atoms with Gasteiger partial charge in [0.1, 0.15) is 11.3 Å². The zero-order valence-corrected chi connectivity index (χ0v) is 13.5. The average molecular weight is 352 g/mol. The number of hydrogen-bond acceptors (Lipinski definition) is 4. The van der Waals surface area contributed by atoms with Crippen LogP contribution in [0.1, 0.15) is 31.8 Å². The van der Waals surface area contributed by atoms with Crippen molar-refractivity contribution in [3.05, 3.63) is 64.7 Å². The summed E-state index contributed by atoms with van der Waals surface area (Å²) in [5.41, 5.74) is 0.0266. The molecular formula is C18H15F3O4. The molecule has 0 radical (unpaired) electrons. The maximum Gasteiger partial charge on any atom is 0.416 e. The fourth-order valence-electron chi connectivity index (χ4n) is 2.27. The number of Topliss-reactive ketones (excluding diaryl/α,β-unsaturated/α-hetero) is 1. The second-order valence-corrected chi connectivity index (χ2v) is 5.20. The number of carbonyl (C=O) groups is 2. The molecule has 0 saturated carbocycles. The molecule has 0 aliphatic heterocycles. The van der Waals surface area contributed by atoms with Crippen molar-refractivity contribution in [3.8, 4) is 5.75 Å². The van der Waals surface area contributed by atoms with Crippen LogP contribution in [-0.4, -0.2) is 26.0 Å². The highest BCUT2D eigenvalue weighted by Crippen LogP contribution is 2.29. The van der Waals surface area contributed by atoms with Crippen molar-refractivity contribution in [2.75, 3.05) is 14.2 Å². The number of benzene rings is 2. The summed E-state index contributed by atoms with van der Waals surface area (Å²) in [6.07, 6.45) is -4.52. The Bertz CT molecular complexity index is 780. The monoisotopic (exact) mass is 352 g/mol. The first-order valence-corrected chi connectivity index (χ1v) is 7.22. The lowest BCUT2D eigenvalue weighted by atomic mass is 10.00. The summed E-state index contributed by atoms with van der Waals surface area (Å²) >= 11 is 0. The third-order valence-electron chi connectivity index (χ3n) is 3.57. The fraction of sp³-hybridized carbons (Fsp3) is 0.222. The van der Waals surface area contributed by atoms with Crippen LogP contribution in [0.15, 0.2) is 42.5 Å². The van der Waals surface area contributed by atoms with Gasteiger partial charge in [0.25, 0.3) is 0 Å². The summed E-state index contributed by atoms with van der Waals surface area (Å²) in [4.78, 5) is 24.0. The zero-order chi connectivity index (χ0) is 18.6. The van der Waals surface area contributed by atoms with E-state index in [1.165, 1.54) is 26.4 Å². The molecular weight excluding hydrogens is 337 g/mol. The number of ether oxygens (including phenoxy) is 2. The Kier molecular flexibility index (Phi) is 5.46. The topological polar surface area (TPSA) is 52.6 Å². The summed E-state index contributed by atoms with van der Waals surface area (Å²) in [7, 11) is 2.62. The molecule has 0 fully saturated rings. The standard InChI is InChI=1S/C18H15F3O4/c1-24-16-8-3-11(9-14(16)17(23)25-2)10-15(22)12-4-6-13(7-5-12)18(19,20)21/h3-9H,10H2,1-2H3. The molecule has 0 aliphatic rings. The van der Waals surface area contributed by atoms with Crippen molar-refractivity contribution in [2.24, 2.45) is 0 Å². The third-order valence-corrected chi connectivity index (χ3v) is 3.57. The molecule has 4 nitrogen and oxygen atoms in total. The van der Waals surface area contributed by atoms with Crippen LogP contribution in [0.25, 0.3) is 0 Å². The van der Waals surface area contributed by atoms with Crippen LogP contribution in [-0.2, 0) is 17.3 Å². The molecule has 0 bridgehead atoms. The van der Waals surface area contributed by atoms with Crippen LogP contribution in [0.5, 0.6) is 5.75 Å². The number of esters is 1. The molecule has 0 aliphatic carbocycles. The predicted octanol–water partition coefficient (Wildman–Crippen LogP) is 3.93. The number of hydrogen-bond donors (Lipinski definition) is 0. The van der Waals surface area contributed by atoms with Gasteiger partial charge in [-0.3, -0.25) is 4.79 Å². The molecule has 0 N–H and O–H groups in total. The summed E-state index contributed by atoms with van der Waals surface area (Å²) in [6.45, 7) is 0. The van der Waals surface area contributed by atoms with Gasteiger partial charge in [0, 0.05) is 12.0 Å². The van der Waals surface area contributed by atoms with E-state index >= 15 is 0 Å². The van der Waals surface area contributed by atoms with Crippen molar-refractivity contribution in [1.29, 1.82) is 0 Å². The lowest BCUT2D eigenvalue weighted by Crippen LogP contribution is -2.09. The van der Waals surface area contributed by atoms with E-state index in [0.717, 1.165) is 24.3 Å². The molecule has 132 valence electrons. The molecule has 0 atom stereocenters. The van der Waals surface area contributed by atoms with Gasteiger partial charge in [-0.05, 0) is 29.8 Å². The zero-order valence-electron chi connectivity index (χ0n) is 13.5. The van der Waals surface area contributed by atoms with Gasteiger partial charge < -0.3 is 9.47 Å². The van der Waals surface area contributed by atoms with E-state index in [1.807, 2.05) is 0 Å². The number of halogens is 3. The minimum Gasteiger partial charge on any atom is -0.496 e. The van der Waals surface area contributed by atoms with Gasteiger partial charge in [-0.1, -0.05) is 18.2 Å². The molecule has 7 heteroatoms. The molecule has 2 rings (SSSR count). The smallest absolute Gasteiger partial charge is 0.416 e. The minimum atomic E-state index is -4.45. The third kappa shape index (κ3) is 4.37. The Balaban J connectivity index is 2.21. The van der Waals surface area contributed by atoms with Crippen LogP contribution in [0.2, 0.25) is 0 Å². The largest absolute Gasteiger partial charge is 0.496 e. The lowest BCUT2D eigenvalue weighted by molar-refractivity contribution is -0.137. The first-order chi connectivity index (χ1) is 11.8. The Morgan fingerprint density at radius 3 is 2.16 bits per heavy atom. The van der Waals surface area contributed by atoms with Gasteiger partial charge in [0.05, 0.1) is 19.8 Å². The Hall–Kier alpha value is -2.83. The quantitative estimate of drug-likeness (QED) is 0.604. The molecule has 0 amide bonds. The average Bonchev–Trinajstić information content (AvgIpc) is 2.60. The molecule has 2 aromatic carbocycles. The molecule has 0 unspecified atom stereocenters. The number of methoxy groups -OCH3 is 2. The molecule has 25 heavy (non-hydrogen) atoms. The fourth-order valence-corrected chi connectivity index (χ4v) is 2.27. The Morgan fingerprint density at radius 1 is 1.00 bits per heavy atom. The highest BCUT2D eigenvalue weighted by molar-refractivity contribution is 5.98. The Labute approximate surface area is 142 Å². The second-order valence-electron chi connectivity index (χ2n) is 5.20. The SMILES string of the molecule is COC(=O)c1cc(CC(=O)c2ccc(C(F)(F)F)cc2)ccc1OC. The number of carbonyl (C=O) groups excluding carboxylic acids is 2. The first-order valence-electron chi connectivity index (χ1n) is 7.22. The second kappa shape index (κ2) is 7.38.